The number of hydrogen-bond acceptors (Lipinski definition) is 5. The third-order valence-electron chi connectivity index (χ3n) is 3.63. The molecule has 0 aliphatic carbocycles. The average Bonchev–Trinajstić information content (AvgIpc) is 3.10. The number of alkyl halides is 3. The first-order valence-electron chi connectivity index (χ1n) is 7.67. The quantitative estimate of drug-likeness (QED) is 0.633. The zero-order valence-corrected chi connectivity index (χ0v) is 14.5. The molecule has 0 saturated heterocycles. The van der Waals surface area contributed by atoms with Crippen molar-refractivity contribution < 1.29 is 18.0 Å². The first-order valence-corrected chi connectivity index (χ1v) is 8.48. The van der Waals surface area contributed by atoms with E-state index < -0.39 is 11.7 Å². The predicted molar refractivity (Wildman–Crippen MR) is 94.1 cm³/mol. The summed E-state index contributed by atoms with van der Waals surface area (Å²) < 4.78 is 37.8. The van der Waals surface area contributed by atoms with Gasteiger partial charge in [-0.2, -0.15) is 13.2 Å². The molecule has 1 aromatic carbocycles. The Morgan fingerprint density at radius 3 is 2.38 bits per heavy atom. The maximum absolute atomic E-state index is 12.6. The number of rotatable bonds is 5. The molecule has 0 radical (unpaired) electrons. The molecule has 0 amide bonds. The molecule has 0 atom stereocenters. The molecule has 0 aliphatic rings. The Morgan fingerprint density at radius 1 is 1.08 bits per heavy atom. The minimum Gasteiger partial charge on any atom is -0.364 e. The van der Waals surface area contributed by atoms with Gasteiger partial charge in [-0.1, -0.05) is 12.1 Å². The van der Waals surface area contributed by atoms with E-state index in [4.69, 9.17) is 0 Å². The fourth-order valence-electron chi connectivity index (χ4n) is 2.30. The van der Waals surface area contributed by atoms with E-state index in [0.29, 0.717) is 28.5 Å². The van der Waals surface area contributed by atoms with Crippen LogP contribution in [0.2, 0.25) is 0 Å². The van der Waals surface area contributed by atoms with E-state index in [1.54, 1.807) is 18.3 Å². The molecule has 2 heterocycles. The lowest BCUT2D eigenvalue weighted by molar-refractivity contribution is -0.137. The fraction of sp³-hybridized carbons (Fsp3) is 0.167. The number of hydrogen-bond donors (Lipinski definition) is 1. The average molecular weight is 377 g/mol. The lowest BCUT2D eigenvalue weighted by Crippen LogP contribution is -2.06. The summed E-state index contributed by atoms with van der Waals surface area (Å²) in [6.45, 7) is 1.80. The molecule has 3 aromatic rings. The van der Waals surface area contributed by atoms with Gasteiger partial charge in [-0.15, -0.1) is 11.3 Å². The largest absolute Gasteiger partial charge is 0.416 e. The van der Waals surface area contributed by atoms with Gasteiger partial charge in [0.25, 0.3) is 0 Å². The van der Waals surface area contributed by atoms with Gasteiger partial charge >= 0.3 is 6.18 Å². The summed E-state index contributed by atoms with van der Waals surface area (Å²) in [4.78, 5) is 21.4. The van der Waals surface area contributed by atoms with Crippen LogP contribution in [0.1, 0.15) is 27.7 Å². The van der Waals surface area contributed by atoms with Crippen LogP contribution in [0.4, 0.5) is 19.0 Å². The Morgan fingerprint density at radius 2 is 1.77 bits per heavy atom. The first kappa shape index (κ1) is 18.1. The van der Waals surface area contributed by atoms with Gasteiger partial charge in [-0.05, 0) is 36.8 Å². The molecule has 0 aliphatic heterocycles. The number of carbonyl (C=O) groups excluding carboxylic acids is 1. The van der Waals surface area contributed by atoms with Crippen molar-refractivity contribution in [1.29, 1.82) is 0 Å². The molecule has 2 aromatic heterocycles. The van der Waals surface area contributed by atoms with Crippen LogP contribution in [0.25, 0.3) is 10.6 Å². The van der Waals surface area contributed by atoms with Crippen molar-refractivity contribution in [3.63, 3.8) is 0 Å². The number of ketones is 1. The molecular formula is C18H14F3N3OS. The lowest BCUT2D eigenvalue weighted by Gasteiger charge is -2.10. The maximum atomic E-state index is 12.6. The van der Waals surface area contributed by atoms with Gasteiger partial charge in [-0.25, -0.2) is 9.97 Å². The number of thiophene rings is 1. The normalized spacial score (nSPS) is 11.4. The van der Waals surface area contributed by atoms with Gasteiger partial charge in [0, 0.05) is 18.9 Å². The molecule has 26 heavy (non-hydrogen) atoms. The van der Waals surface area contributed by atoms with E-state index in [9.17, 15) is 18.0 Å². The highest BCUT2D eigenvalue weighted by molar-refractivity contribution is 7.17. The topological polar surface area (TPSA) is 54.9 Å². The Bertz CT molecular complexity index is 920. The van der Waals surface area contributed by atoms with E-state index in [2.05, 4.69) is 15.3 Å². The standard InChI is InChI=1S/C18H14F3N3OS/c1-11(25)14-6-7-15(26-14)16-17(23-9-8-22-16)24-10-12-2-4-13(5-3-12)18(19,20)21/h2-9H,10H2,1H3,(H,23,24). The summed E-state index contributed by atoms with van der Waals surface area (Å²) in [5.41, 5.74) is 0.596. The van der Waals surface area contributed by atoms with E-state index >= 15 is 0 Å². The molecule has 0 unspecified atom stereocenters. The summed E-state index contributed by atoms with van der Waals surface area (Å²) >= 11 is 1.32. The zero-order valence-electron chi connectivity index (χ0n) is 13.7. The van der Waals surface area contributed by atoms with Crippen molar-refractivity contribution in [2.75, 3.05) is 5.32 Å². The number of halogens is 3. The molecule has 8 heteroatoms. The second-order valence-electron chi connectivity index (χ2n) is 5.52. The minimum absolute atomic E-state index is 0.0237. The molecule has 3 rings (SSSR count). The van der Waals surface area contributed by atoms with Gasteiger partial charge in [0.15, 0.2) is 11.6 Å². The Balaban J connectivity index is 1.77. The molecular weight excluding hydrogens is 363 g/mol. The summed E-state index contributed by atoms with van der Waals surface area (Å²) in [6, 6.07) is 8.47. The molecule has 0 fully saturated rings. The maximum Gasteiger partial charge on any atom is 0.416 e. The SMILES string of the molecule is CC(=O)c1ccc(-c2nccnc2NCc2ccc(C(F)(F)F)cc2)s1. The summed E-state index contributed by atoms with van der Waals surface area (Å²) in [5, 5.41) is 3.09. The second-order valence-corrected chi connectivity index (χ2v) is 6.61. The Hall–Kier alpha value is -2.74. The number of Topliss-reactive ketones (excluding diaryl/α,β-unsaturated/α-hetero) is 1. The van der Waals surface area contributed by atoms with Crippen molar-refractivity contribution >= 4 is 22.9 Å². The number of carbonyl (C=O) groups is 1. The number of benzene rings is 1. The van der Waals surface area contributed by atoms with Gasteiger partial charge < -0.3 is 5.32 Å². The zero-order chi connectivity index (χ0) is 18.7. The minimum atomic E-state index is -4.35. The van der Waals surface area contributed by atoms with Crippen LogP contribution in [-0.4, -0.2) is 15.8 Å². The molecule has 4 nitrogen and oxygen atoms in total. The number of nitrogens with zero attached hydrogens (tertiary/aromatic N) is 2. The number of nitrogens with one attached hydrogen (secondary N) is 1. The van der Waals surface area contributed by atoms with Crippen molar-refractivity contribution in [2.24, 2.45) is 0 Å². The van der Waals surface area contributed by atoms with Gasteiger partial charge in [0.1, 0.15) is 5.69 Å². The molecule has 1 N–H and O–H groups in total. The van der Waals surface area contributed by atoms with Crippen molar-refractivity contribution in [3.05, 3.63) is 64.8 Å². The van der Waals surface area contributed by atoms with Crippen LogP contribution < -0.4 is 5.32 Å². The number of anilines is 1. The second kappa shape index (κ2) is 7.25. The predicted octanol–water partition coefficient (Wildman–Crippen LogP) is 5.04. The fourth-order valence-corrected chi connectivity index (χ4v) is 3.20. The van der Waals surface area contributed by atoms with Crippen molar-refractivity contribution in [3.8, 4) is 10.6 Å². The van der Waals surface area contributed by atoms with Gasteiger partial charge in [0.05, 0.1) is 15.3 Å². The van der Waals surface area contributed by atoms with Crippen LogP contribution in [-0.2, 0) is 12.7 Å². The van der Waals surface area contributed by atoms with E-state index in [0.717, 1.165) is 17.0 Å². The van der Waals surface area contributed by atoms with Crippen LogP contribution >= 0.6 is 11.3 Å². The molecule has 0 saturated carbocycles. The van der Waals surface area contributed by atoms with Crippen LogP contribution in [0.5, 0.6) is 0 Å². The molecule has 134 valence electrons. The van der Waals surface area contributed by atoms with E-state index in [1.165, 1.54) is 36.6 Å². The van der Waals surface area contributed by atoms with Crippen LogP contribution in [0, 0.1) is 0 Å². The number of aromatic nitrogens is 2. The highest BCUT2D eigenvalue weighted by Gasteiger charge is 2.29. The Labute approximate surface area is 151 Å². The van der Waals surface area contributed by atoms with Gasteiger partial charge in [0.2, 0.25) is 0 Å². The van der Waals surface area contributed by atoms with E-state index in [1.807, 2.05) is 0 Å². The highest BCUT2D eigenvalue weighted by Crippen LogP contribution is 2.31. The van der Waals surface area contributed by atoms with Crippen molar-refractivity contribution in [1.82, 2.24) is 9.97 Å². The third-order valence-corrected chi connectivity index (χ3v) is 4.82. The van der Waals surface area contributed by atoms with Crippen LogP contribution in [0.15, 0.2) is 48.8 Å². The summed E-state index contributed by atoms with van der Waals surface area (Å²) in [6.07, 6.45) is -1.28. The summed E-state index contributed by atoms with van der Waals surface area (Å²) in [7, 11) is 0. The first-order chi connectivity index (χ1) is 12.3. The van der Waals surface area contributed by atoms with E-state index in [-0.39, 0.29) is 5.78 Å². The monoisotopic (exact) mass is 377 g/mol. The van der Waals surface area contributed by atoms with Gasteiger partial charge in [-0.3, -0.25) is 4.79 Å². The lowest BCUT2D eigenvalue weighted by atomic mass is 10.1. The van der Waals surface area contributed by atoms with Crippen LogP contribution in [0.3, 0.4) is 0 Å². The molecule has 0 spiro atoms. The van der Waals surface area contributed by atoms with Crippen molar-refractivity contribution in [2.45, 2.75) is 19.6 Å². The smallest absolute Gasteiger partial charge is 0.364 e. The third kappa shape index (κ3) is 4.08. The highest BCUT2D eigenvalue weighted by atomic mass is 32.1. The molecule has 0 bridgehead atoms. The Kier molecular flexibility index (Phi) is 5.03. The summed E-state index contributed by atoms with van der Waals surface area (Å²) in [5.74, 6) is 0.480.